The number of benzene rings is 2. The van der Waals surface area contributed by atoms with E-state index in [4.69, 9.17) is 21.4 Å². The molecule has 138 valence electrons. The zero-order chi connectivity index (χ0) is 19.1. The summed E-state index contributed by atoms with van der Waals surface area (Å²) in [4.78, 5) is 23.7. The number of halogens is 1. The first-order valence-corrected chi connectivity index (χ1v) is 8.74. The minimum atomic E-state index is -0.992. The van der Waals surface area contributed by atoms with Gasteiger partial charge < -0.3 is 15.2 Å². The summed E-state index contributed by atoms with van der Waals surface area (Å²) in [5, 5.41) is 12.5. The van der Waals surface area contributed by atoms with Crippen LogP contribution in [0.1, 0.15) is 37.4 Å². The minimum Gasteiger partial charge on any atom is -0.491 e. The third-order valence-electron chi connectivity index (χ3n) is 3.67. The van der Waals surface area contributed by atoms with Crippen LogP contribution in [0, 0.1) is 0 Å². The van der Waals surface area contributed by atoms with Crippen LogP contribution < -0.4 is 10.1 Å². The maximum Gasteiger partial charge on any atom is 0.305 e. The van der Waals surface area contributed by atoms with Crippen LogP contribution in [-0.2, 0) is 16.0 Å². The lowest BCUT2D eigenvalue weighted by Gasteiger charge is -2.19. The topological polar surface area (TPSA) is 75.6 Å². The van der Waals surface area contributed by atoms with Crippen molar-refractivity contribution in [1.82, 2.24) is 5.32 Å². The summed E-state index contributed by atoms with van der Waals surface area (Å²) in [5.41, 5.74) is 1.45. The van der Waals surface area contributed by atoms with Gasteiger partial charge in [-0.05, 0) is 37.6 Å². The van der Waals surface area contributed by atoms with E-state index < -0.39 is 12.0 Å². The fraction of sp³-hybridized carbons (Fsp3) is 0.300. The Hall–Kier alpha value is -2.53. The molecule has 1 amide bonds. The van der Waals surface area contributed by atoms with Gasteiger partial charge in [-0.15, -0.1) is 0 Å². The highest BCUT2D eigenvalue weighted by atomic mass is 35.5. The highest BCUT2D eigenvalue weighted by Crippen LogP contribution is 2.22. The Bertz CT molecular complexity index is 759. The molecule has 0 aliphatic heterocycles. The van der Waals surface area contributed by atoms with Gasteiger partial charge in [-0.3, -0.25) is 9.59 Å². The van der Waals surface area contributed by atoms with Crippen molar-refractivity contribution in [2.24, 2.45) is 0 Å². The zero-order valence-electron chi connectivity index (χ0n) is 14.7. The summed E-state index contributed by atoms with van der Waals surface area (Å²) in [7, 11) is 0. The van der Waals surface area contributed by atoms with Gasteiger partial charge in [0.25, 0.3) is 0 Å². The Morgan fingerprint density at radius 1 is 1.12 bits per heavy atom. The van der Waals surface area contributed by atoms with Crippen molar-refractivity contribution < 1.29 is 19.4 Å². The first kappa shape index (κ1) is 19.8. The molecule has 26 heavy (non-hydrogen) atoms. The van der Waals surface area contributed by atoms with Gasteiger partial charge in [0.05, 0.1) is 25.0 Å². The number of aliphatic carboxylic acids is 1. The Labute approximate surface area is 157 Å². The SMILES string of the molecule is CC(C)Oc1ccccc1CC(=O)N[C@@H](CC(=O)O)c1ccc(Cl)cc1. The summed E-state index contributed by atoms with van der Waals surface area (Å²) < 4.78 is 5.72. The average Bonchev–Trinajstić information content (AvgIpc) is 2.56. The lowest BCUT2D eigenvalue weighted by atomic mass is 10.0. The van der Waals surface area contributed by atoms with Gasteiger partial charge in [-0.25, -0.2) is 0 Å². The Morgan fingerprint density at radius 3 is 2.38 bits per heavy atom. The molecular weight excluding hydrogens is 354 g/mol. The van der Waals surface area contributed by atoms with Crippen molar-refractivity contribution in [3.8, 4) is 5.75 Å². The minimum absolute atomic E-state index is 0.00645. The van der Waals surface area contributed by atoms with Crippen LogP contribution in [-0.4, -0.2) is 23.1 Å². The number of amides is 1. The fourth-order valence-electron chi connectivity index (χ4n) is 2.56. The molecule has 0 fully saturated rings. The second kappa shape index (κ2) is 9.25. The molecule has 0 heterocycles. The van der Waals surface area contributed by atoms with E-state index in [0.29, 0.717) is 16.3 Å². The van der Waals surface area contributed by atoms with Gasteiger partial charge in [-0.2, -0.15) is 0 Å². The van der Waals surface area contributed by atoms with Gasteiger partial charge in [-0.1, -0.05) is 41.9 Å². The molecule has 0 saturated carbocycles. The molecule has 0 aliphatic rings. The Morgan fingerprint density at radius 2 is 1.77 bits per heavy atom. The van der Waals surface area contributed by atoms with Gasteiger partial charge in [0.15, 0.2) is 0 Å². The molecule has 0 radical (unpaired) electrons. The highest BCUT2D eigenvalue weighted by Gasteiger charge is 2.19. The van der Waals surface area contributed by atoms with E-state index in [-0.39, 0.29) is 24.9 Å². The predicted molar refractivity (Wildman–Crippen MR) is 100 cm³/mol. The normalized spacial score (nSPS) is 11.8. The molecule has 0 saturated heterocycles. The van der Waals surface area contributed by atoms with E-state index in [9.17, 15) is 9.59 Å². The zero-order valence-corrected chi connectivity index (χ0v) is 15.5. The number of carbonyl (C=O) groups excluding carboxylic acids is 1. The molecule has 5 nitrogen and oxygen atoms in total. The van der Waals surface area contributed by atoms with Gasteiger partial charge >= 0.3 is 5.97 Å². The molecular formula is C20H22ClNO4. The number of carboxylic acid groups (broad SMARTS) is 1. The number of carboxylic acids is 1. The molecule has 0 bridgehead atoms. The Kier molecular flexibility index (Phi) is 7.04. The average molecular weight is 376 g/mol. The number of ether oxygens (including phenoxy) is 1. The summed E-state index contributed by atoms with van der Waals surface area (Å²) in [6.45, 7) is 3.83. The highest BCUT2D eigenvalue weighted by molar-refractivity contribution is 6.30. The van der Waals surface area contributed by atoms with Crippen molar-refractivity contribution in [3.05, 3.63) is 64.7 Å². The van der Waals surface area contributed by atoms with Gasteiger partial charge in [0.2, 0.25) is 5.91 Å². The van der Waals surface area contributed by atoms with Crippen LogP contribution in [0.25, 0.3) is 0 Å². The van der Waals surface area contributed by atoms with Crippen molar-refractivity contribution >= 4 is 23.5 Å². The molecule has 6 heteroatoms. The number of carbonyl (C=O) groups is 2. The summed E-state index contributed by atoms with van der Waals surface area (Å²) in [6.07, 6.45) is -0.113. The van der Waals surface area contributed by atoms with Crippen LogP contribution in [0.3, 0.4) is 0 Å². The molecule has 2 aromatic rings. The van der Waals surface area contributed by atoms with Crippen LogP contribution in [0.2, 0.25) is 5.02 Å². The third-order valence-corrected chi connectivity index (χ3v) is 3.92. The van der Waals surface area contributed by atoms with Crippen molar-refractivity contribution in [1.29, 1.82) is 0 Å². The largest absolute Gasteiger partial charge is 0.491 e. The second-order valence-corrected chi connectivity index (χ2v) is 6.66. The molecule has 2 rings (SSSR count). The van der Waals surface area contributed by atoms with Crippen LogP contribution in [0.5, 0.6) is 5.75 Å². The number of nitrogens with one attached hydrogen (secondary N) is 1. The van der Waals surface area contributed by atoms with E-state index in [0.717, 1.165) is 5.56 Å². The standard InChI is InChI=1S/C20H22ClNO4/c1-13(2)26-18-6-4-3-5-15(18)11-19(23)22-17(12-20(24)25)14-7-9-16(21)10-8-14/h3-10,13,17H,11-12H2,1-2H3,(H,22,23)(H,24,25)/t17-/m0/s1. The number of hydrogen-bond donors (Lipinski definition) is 2. The van der Waals surface area contributed by atoms with E-state index in [2.05, 4.69) is 5.32 Å². The number of para-hydroxylation sites is 1. The molecule has 0 unspecified atom stereocenters. The van der Waals surface area contributed by atoms with Crippen LogP contribution >= 0.6 is 11.6 Å². The van der Waals surface area contributed by atoms with Crippen molar-refractivity contribution in [2.45, 2.75) is 38.8 Å². The van der Waals surface area contributed by atoms with Gasteiger partial charge in [0, 0.05) is 10.6 Å². The van der Waals surface area contributed by atoms with E-state index in [1.54, 1.807) is 24.3 Å². The molecule has 1 atom stereocenters. The van der Waals surface area contributed by atoms with E-state index >= 15 is 0 Å². The monoisotopic (exact) mass is 375 g/mol. The maximum absolute atomic E-state index is 12.5. The van der Waals surface area contributed by atoms with Crippen LogP contribution in [0.15, 0.2) is 48.5 Å². The molecule has 0 spiro atoms. The van der Waals surface area contributed by atoms with Gasteiger partial charge in [0.1, 0.15) is 5.75 Å². The first-order chi connectivity index (χ1) is 12.3. The van der Waals surface area contributed by atoms with E-state index in [1.165, 1.54) is 0 Å². The molecule has 2 N–H and O–H groups in total. The molecule has 0 aliphatic carbocycles. The number of hydrogen-bond acceptors (Lipinski definition) is 3. The predicted octanol–water partition coefficient (Wildman–Crippen LogP) is 4.00. The smallest absolute Gasteiger partial charge is 0.305 e. The fourth-order valence-corrected chi connectivity index (χ4v) is 2.69. The van der Waals surface area contributed by atoms with Crippen molar-refractivity contribution in [3.63, 3.8) is 0 Å². The van der Waals surface area contributed by atoms with E-state index in [1.807, 2.05) is 38.1 Å². The summed E-state index contributed by atoms with van der Waals surface area (Å²) >= 11 is 5.88. The maximum atomic E-state index is 12.5. The van der Waals surface area contributed by atoms with Crippen LogP contribution in [0.4, 0.5) is 0 Å². The Balaban J connectivity index is 2.12. The quantitative estimate of drug-likeness (QED) is 0.731. The third kappa shape index (κ3) is 6.08. The summed E-state index contributed by atoms with van der Waals surface area (Å²) in [5.74, 6) is -0.612. The lowest BCUT2D eigenvalue weighted by Crippen LogP contribution is -2.31. The number of rotatable bonds is 8. The van der Waals surface area contributed by atoms with Crippen molar-refractivity contribution in [2.75, 3.05) is 0 Å². The molecule has 0 aromatic heterocycles. The second-order valence-electron chi connectivity index (χ2n) is 6.22. The lowest BCUT2D eigenvalue weighted by molar-refractivity contribution is -0.137. The summed E-state index contributed by atoms with van der Waals surface area (Å²) in [6, 6.07) is 13.5. The molecule has 2 aromatic carbocycles. The first-order valence-electron chi connectivity index (χ1n) is 8.36.